The van der Waals surface area contributed by atoms with Crippen molar-refractivity contribution in [2.45, 2.75) is 45.6 Å². The van der Waals surface area contributed by atoms with Gasteiger partial charge in [-0.1, -0.05) is 25.4 Å². The van der Waals surface area contributed by atoms with Crippen molar-refractivity contribution in [1.29, 1.82) is 0 Å². The molecule has 0 unspecified atom stereocenters. The topological polar surface area (TPSA) is 65.3 Å². The summed E-state index contributed by atoms with van der Waals surface area (Å²) in [6, 6.07) is 2.73. The van der Waals surface area contributed by atoms with Crippen LogP contribution in [0.1, 0.15) is 39.5 Å². The molecule has 1 aliphatic rings. The third-order valence-electron chi connectivity index (χ3n) is 3.57. The molecule has 0 N–H and O–H groups in total. The molecule has 1 aromatic rings. The summed E-state index contributed by atoms with van der Waals surface area (Å²) in [7, 11) is 0. The maximum absolute atomic E-state index is 10.9. The number of nitro groups is 1. The molecule has 0 amide bonds. The Labute approximate surface area is 117 Å². The molecule has 0 saturated heterocycles. The highest BCUT2D eigenvalue weighted by molar-refractivity contribution is 6.29. The summed E-state index contributed by atoms with van der Waals surface area (Å²) in [6.07, 6.45) is 3.85. The van der Waals surface area contributed by atoms with Crippen LogP contribution < -0.4 is 4.74 Å². The number of aromatic nitrogens is 1. The molecule has 5 nitrogen and oxygen atoms in total. The van der Waals surface area contributed by atoms with Gasteiger partial charge in [-0.05, 0) is 37.2 Å². The first-order valence-corrected chi connectivity index (χ1v) is 6.73. The summed E-state index contributed by atoms with van der Waals surface area (Å²) >= 11 is 5.77. The average Bonchev–Trinajstić information content (AvgIpc) is 2.31. The van der Waals surface area contributed by atoms with Crippen molar-refractivity contribution in [2.75, 3.05) is 0 Å². The van der Waals surface area contributed by atoms with Gasteiger partial charge in [0.1, 0.15) is 11.3 Å². The lowest BCUT2D eigenvalue weighted by Gasteiger charge is -2.33. The van der Waals surface area contributed by atoms with Gasteiger partial charge in [0.25, 0.3) is 5.88 Å². The third-order valence-corrected chi connectivity index (χ3v) is 3.78. The molecule has 0 radical (unpaired) electrons. The zero-order valence-electron chi connectivity index (χ0n) is 11.1. The SMILES string of the molecule is CC1(C)CCC(Oc2nc(Cl)ccc2[N+](=O)[O-])CC1. The summed E-state index contributed by atoms with van der Waals surface area (Å²) in [6.45, 7) is 4.45. The molecule has 1 heterocycles. The highest BCUT2D eigenvalue weighted by Crippen LogP contribution is 2.37. The number of hydrogen-bond acceptors (Lipinski definition) is 4. The Morgan fingerprint density at radius 1 is 1.42 bits per heavy atom. The van der Waals surface area contributed by atoms with Crippen LogP contribution in [0.15, 0.2) is 12.1 Å². The molecule has 0 bridgehead atoms. The number of ether oxygens (including phenoxy) is 1. The Kier molecular flexibility index (Phi) is 3.94. The first-order chi connectivity index (χ1) is 8.87. The lowest BCUT2D eigenvalue weighted by Crippen LogP contribution is -2.28. The molecule has 0 aliphatic heterocycles. The van der Waals surface area contributed by atoms with Gasteiger partial charge in [0.05, 0.1) is 4.92 Å². The summed E-state index contributed by atoms with van der Waals surface area (Å²) in [5.74, 6) is 0.0298. The summed E-state index contributed by atoms with van der Waals surface area (Å²) in [5.41, 5.74) is 0.197. The van der Waals surface area contributed by atoms with Crippen molar-refractivity contribution in [3.63, 3.8) is 0 Å². The third kappa shape index (κ3) is 3.56. The molecule has 1 fully saturated rings. The fourth-order valence-electron chi connectivity index (χ4n) is 2.28. The lowest BCUT2D eigenvalue weighted by atomic mass is 9.76. The number of rotatable bonds is 3. The Balaban J connectivity index is 2.11. The second-order valence-corrected chi connectivity index (χ2v) is 6.08. The molecule has 6 heteroatoms. The van der Waals surface area contributed by atoms with Crippen molar-refractivity contribution in [3.05, 3.63) is 27.4 Å². The van der Waals surface area contributed by atoms with Crippen molar-refractivity contribution in [2.24, 2.45) is 5.41 Å². The van der Waals surface area contributed by atoms with E-state index in [1.807, 2.05) is 0 Å². The Morgan fingerprint density at radius 3 is 2.63 bits per heavy atom. The van der Waals surface area contributed by atoms with E-state index in [0.29, 0.717) is 5.41 Å². The van der Waals surface area contributed by atoms with Gasteiger partial charge in [0, 0.05) is 6.07 Å². The lowest BCUT2D eigenvalue weighted by molar-refractivity contribution is -0.386. The van der Waals surface area contributed by atoms with E-state index in [2.05, 4.69) is 18.8 Å². The molecular weight excluding hydrogens is 268 g/mol. The molecule has 104 valence electrons. The van der Waals surface area contributed by atoms with E-state index < -0.39 is 4.92 Å². The highest BCUT2D eigenvalue weighted by atomic mass is 35.5. The van der Waals surface area contributed by atoms with Crippen LogP contribution in [-0.2, 0) is 0 Å². The Hall–Kier alpha value is -1.36. The van der Waals surface area contributed by atoms with Crippen LogP contribution >= 0.6 is 11.6 Å². The average molecular weight is 285 g/mol. The summed E-state index contributed by atoms with van der Waals surface area (Å²) in [4.78, 5) is 14.4. The second-order valence-electron chi connectivity index (χ2n) is 5.70. The van der Waals surface area contributed by atoms with Gasteiger partial charge in [-0.3, -0.25) is 10.1 Å². The predicted molar refractivity (Wildman–Crippen MR) is 72.6 cm³/mol. The van der Waals surface area contributed by atoms with E-state index in [4.69, 9.17) is 16.3 Å². The van der Waals surface area contributed by atoms with Crippen molar-refractivity contribution in [1.82, 2.24) is 4.98 Å². The Bertz CT molecular complexity index is 481. The molecule has 0 aromatic carbocycles. The second kappa shape index (κ2) is 5.33. The fourth-order valence-corrected chi connectivity index (χ4v) is 2.42. The molecule has 19 heavy (non-hydrogen) atoms. The van der Waals surface area contributed by atoms with Crippen molar-refractivity contribution in [3.8, 4) is 5.88 Å². The standard InChI is InChI=1S/C13H17ClN2O3/c1-13(2)7-5-9(6-8-13)19-12-10(16(17)18)3-4-11(14)15-12/h3-4,9H,5-8H2,1-2H3. The van der Waals surface area contributed by atoms with Gasteiger partial charge in [0.2, 0.25) is 0 Å². The van der Waals surface area contributed by atoms with Gasteiger partial charge in [-0.25, -0.2) is 0 Å². The minimum absolute atomic E-state index is 0.0160. The normalized spacial score (nSPS) is 19.1. The van der Waals surface area contributed by atoms with E-state index in [9.17, 15) is 10.1 Å². The van der Waals surface area contributed by atoms with Gasteiger partial charge >= 0.3 is 5.69 Å². The zero-order chi connectivity index (χ0) is 14.0. The van der Waals surface area contributed by atoms with Crippen molar-refractivity contribution < 1.29 is 9.66 Å². The monoisotopic (exact) mass is 284 g/mol. The van der Waals surface area contributed by atoms with Gasteiger partial charge in [0.15, 0.2) is 0 Å². The van der Waals surface area contributed by atoms with Gasteiger partial charge in [-0.2, -0.15) is 4.98 Å². The van der Waals surface area contributed by atoms with Crippen LogP contribution in [0.2, 0.25) is 5.15 Å². The van der Waals surface area contributed by atoms with E-state index in [1.165, 1.54) is 12.1 Å². The minimum atomic E-state index is -0.495. The van der Waals surface area contributed by atoms with Crippen LogP contribution in [0.5, 0.6) is 5.88 Å². The highest BCUT2D eigenvalue weighted by Gasteiger charge is 2.29. The molecule has 1 saturated carbocycles. The maximum Gasteiger partial charge on any atom is 0.331 e. The summed E-state index contributed by atoms with van der Waals surface area (Å²) in [5, 5.41) is 11.1. The number of hydrogen-bond donors (Lipinski definition) is 0. The molecule has 0 spiro atoms. The first-order valence-electron chi connectivity index (χ1n) is 6.35. The quantitative estimate of drug-likeness (QED) is 0.478. The zero-order valence-corrected chi connectivity index (χ0v) is 11.8. The molecule has 1 aliphatic carbocycles. The van der Waals surface area contributed by atoms with Crippen LogP contribution in [0.4, 0.5) is 5.69 Å². The first kappa shape index (κ1) is 14.1. The van der Waals surface area contributed by atoms with E-state index in [1.54, 1.807) is 0 Å². The molecule has 0 atom stereocenters. The van der Waals surface area contributed by atoms with E-state index in [0.717, 1.165) is 25.7 Å². The maximum atomic E-state index is 10.9. The van der Waals surface area contributed by atoms with E-state index >= 15 is 0 Å². The minimum Gasteiger partial charge on any atom is -0.469 e. The fraction of sp³-hybridized carbons (Fsp3) is 0.615. The van der Waals surface area contributed by atoms with Crippen LogP contribution in [0.3, 0.4) is 0 Å². The number of halogens is 1. The van der Waals surface area contributed by atoms with Gasteiger partial charge in [-0.15, -0.1) is 0 Å². The summed E-state index contributed by atoms with van der Waals surface area (Å²) < 4.78 is 5.68. The van der Waals surface area contributed by atoms with E-state index in [-0.39, 0.29) is 22.8 Å². The van der Waals surface area contributed by atoms with Crippen LogP contribution in [-0.4, -0.2) is 16.0 Å². The molecule has 2 rings (SSSR count). The number of pyridine rings is 1. The van der Waals surface area contributed by atoms with Crippen molar-refractivity contribution >= 4 is 17.3 Å². The van der Waals surface area contributed by atoms with Crippen LogP contribution in [0, 0.1) is 15.5 Å². The number of nitrogens with zero attached hydrogens (tertiary/aromatic N) is 2. The Morgan fingerprint density at radius 2 is 2.05 bits per heavy atom. The molecule has 1 aromatic heterocycles. The van der Waals surface area contributed by atoms with Crippen LogP contribution in [0.25, 0.3) is 0 Å². The largest absolute Gasteiger partial charge is 0.469 e. The van der Waals surface area contributed by atoms with Gasteiger partial charge < -0.3 is 4.74 Å². The smallest absolute Gasteiger partial charge is 0.331 e. The predicted octanol–water partition coefficient (Wildman–Crippen LogP) is 3.99. The molecular formula is C13H17ClN2O3.